The summed E-state index contributed by atoms with van der Waals surface area (Å²) in [5, 5.41) is 6.18. The summed E-state index contributed by atoms with van der Waals surface area (Å²) in [7, 11) is 2.94. The number of halogens is 6. The van der Waals surface area contributed by atoms with Crippen molar-refractivity contribution in [1.29, 1.82) is 0 Å². The zero-order chi connectivity index (χ0) is 35.2. The number of ether oxygens (including phenoxy) is 1. The summed E-state index contributed by atoms with van der Waals surface area (Å²) in [6.45, 7) is 5.50. The van der Waals surface area contributed by atoms with Gasteiger partial charge in [-0.1, -0.05) is 23.2 Å². The number of fused-ring (bicyclic) bond motifs is 3. The highest BCUT2D eigenvalue weighted by atomic mass is 35.5. The molecule has 7 rings (SSSR count). The second-order valence-electron chi connectivity index (χ2n) is 13.0. The number of nitrogens with zero attached hydrogens (tertiary/aromatic N) is 6. The fraction of sp³-hybridized carbons (Fsp3) is 0.562. The van der Waals surface area contributed by atoms with E-state index < -0.39 is 28.2 Å². The SMILES string of the molecule is CC12CCCN1CC(F)C2.CNC(=O)c1nn2c(c1Cl)CN(c1nc(OC)nc3c1CSC(c1cc(N)cc(Cl)c1C(F)(F)F)C3)CCC2. The van der Waals surface area contributed by atoms with E-state index in [-0.39, 0.29) is 45.8 Å². The van der Waals surface area contributed by atoms with Crippen LogP contribution in [0.25, 0.3) is 0 Å². The third-order valence-corrected chi connectivity index (χ3v) is 11.6. The number of carbonyl (C=O) groups excluding carboxylic acids is 1. The second kappa shape index (κ2) is 14.0. The summed E-state index contributed by atoms with van der Waals surface area (Å²) in [6, 6.07) is 2.55. The molecule has 0 aliphatic carbocycles. The Bertz CT molecular complexity index is 1740. The van der Waals surface area contributed by atoms with Gasteiger partial charge in [0.1, 0.15) is 12.0 Å². The zero-order valence-corrected chi connectivity index (χ0v) is 29.7. The molecule has 2 aromatic heterocycles. The van der Waals surface area contributed by atoms with Gasteiger partial charge in [0.25, 0.3) is 5.91 Å². The summed E-state index contributed by atoms with van der Waals surface area (Å²) < 4.78 is 61.8. The maximum atomic E-state index is 14.0. The Labute approximate surface area is 296 Å². The quantitative estimate of drug-likeness (QED) is 0.229. The van der Waals surface area contributed by atoms with E-state index in [1.165, 1.54) is 44.8 Å². The van der Waals surface area contributed by atoms with Gasteiger partial charge in [0.2, 0.25) is 0 Å². The third-order valence-electron chi connectivity index (χ3n) is 9.67. The average Bonchev–Trinajstić information content (AvgIpc) is 3.58. The minimum atomic E-state index is -4.64. The van der Waals surface area contributed by atoms with E-state index >= 15 is 0 Å². The van der Waals surface area contributed by atoms with Crippen LogP contribution in [0.1, 0.15) is 76.4 Å². The lowest BCUT2D eigenvalue weighted by Gasteiger charge is -2.31. The van der Waals surface area contributed by atoms with Gasteiger partial charge in [-0.15, -0.1) is 11.8 Å². The lowest BCUT2D eigenvalue weighted by Crippen LogP contribution is -2.34. The maximum absolute atomic E-state index is 14.0. The van der Waals surface area contributed by atoms with Crippen LogP contribution in [0.4, 0.5) is 29.1 Å². The molecule has 3 atom stereocenters. The normalized spacial score (nSPS) is 23.6. The number of benzene rings is 1. The number of anilines is 2. The van der Waals surface area contributed by atoms with Crippen LogP contribution in [-0.2, 0) is 31.4 Å². The van der Waals surface area contributed by atoms with Crippen molar-refractivity contribution in [3.8, 4) is 6.01 Å². The van der Waals surface area contributed by atoms with Crippen molar-refractivity contribution < 1.29 is 27.1 Å². The Hall–Kier alpha value is -3.01. The number of nitrogens with one attached hydrogen (secondary N) is 1. The van der Waals surface area contributed by atoms with Crippen molar-refractivity contribution in [3.63, 3.8) is 0 Å². The number of aryl methyl sites for hydroxylation is 1. The van der Waals surface area contributed by atoms with Gasteiger partial charge in [-0.25, -0.2) is 4.39 Å². The molecule has 0 spiro atoms. The first-order valence-electron chi connectivity index (χ1n) is 16.0. The molecular weight excluding hydrogens is 707 g/mol. The van der Waals surface area contributed by atoms with Gasteiger partial charge in [0.05, 0.1) is 40.7 Å². The fourth-order valence-corrected chi connectivity index (χ4v) is 9.24. The Balaban J connectivity index is 0.000000353. The number of amides is 1. The Morgan fingerprint density at radius 1 is 1.18 bits per heavy atom. The average molecular weight is 746 g/mol. The molecule has 266 valence electrons. The number of carbonyl (C=O) groups is 1. The number of nitrogens with two attached hydrogens (primary N) is 1. The van der Waals surface area contributed by atoms with Crippen molar-refractivity contribution in [3.05, 3.63) is 56.0 Å². The summed E-state index contributed by atoms with van der Waals surface area (Å²) in [4.78, 5) is 25.7. The van der Waals surface area contributed by atoms with Crippen molar-refractivity contribution in [2.45, 2.75) is 81.0 Å². The molecule has 3 aromatic rings. The number of hydrogen-bond acceptors (Lipinski definition) is 9. The standard InChI is InChI=1S/C24H24Cl2F3N7O2S.C8H14FN/c1-31-22(37)20-19(26)16-9-35(4-3-5-36(16)34-20)21-13-10-39-17(8-15(13)32-23(33-21)38-2)12-6-11(30)7-14(25)18(12)24(27,28)29;1-8-3-2-4-10(8)6-7(9)5-8/h6-7,17H,3-5,8-10,30H2,1-2H3,(H,31,37);7H,2-6H2,1H3. The molecule has 1 amide bonds. The van der Waals surface area contributed by atoms with Crippen molar-refractivity contribution in [2.24, 2.45) is 0 Å². The van der Waals surface area contributed by atoms with E-state index in [4.69, 9.17) is 33.7 Å². The molecule has 10 nitrogen and oxygen atoms in total. The van der Waals surface area contributed by atoms with Crippen molar-refractivity contribution >= 4 is 52.4 Å². The van der Waals surface area contributed by atoms with Gasteiger partial charge in [0, 0.05) is 60.9 Å². The molecular formula is C32H38Cl2F4N8O2S. The minimum Gasteiger partial charge on any atom is -0.467 e. The van der Waals surface area contributed by atoms with Gasteiger partial charge in [-0.05, 0) is 56.8 Å². The summed E-state index contributed by atoms with van der Waals surface area (Å²) >= 11 is 13.9. The highest BCUT2D eigenvalue weighted by molar-refractivity contribution is 7.98. The molecule has 4 aliphatic rings. The number of alkyl halides is 4. The molecule has 17 heteroatoms. The highest BCUT2D eigenvalue weighted by Crippen LogP contribution is 2.49. The van der Waals surface area contributed by atoms with Crippen LogP contribution < -0.4 is 20.7 Å². The van der Waals surface area contributed by atoms with Crippen molar-refractivity contribution in [1.82, 2.24) is 30.0 Å². The van der Waals surface area contributed by atoms with Crippen LogP contribution >= 0.6 is 35.0 Å². The molecule has 3 unspecified atom stereocenters. The van der Waals surface area contributed by atoms with Gasteiger partial charge in [0.15, 0.2) is 5.69 Å². The molecule has 1 aromatic carbocycles. The highest BCUT2D eigenvalue weighted by Gasteiger charge is 2.45. The second-order valence-corrected chi connectivity index (χ2v) is 14.9. The molecule has 0 radical (unpaired) electrons. The fourth-order valence-electron chi connectivity index (χ4n) is 7.31. The molecule has 3 N–H and O–H groups in total. The number of thioether (sulfide) groups is 1. The van der Waals surface area contributed by atoms with Gasteiger partial charge < -0.3 is 20.7 Å². The van der Waals surface area contributed by atoms with Crippen LogP contribution in [0.3, 0.4) is 0 Å². The molecule has 6 heterocycles. The van der Waals surface area contributed by atoms with E-state index in [2.05, 4.69) is 32.2 Å². The lowest BCUT2D eigenvalue weighted by molar-refractivity contribution is -0.138. The first-order chi connectivity index (χ1) is 23.2. The Kier molecular flexibility index (Phi) is 10.2. The monoisotopic (exact) mass is 744 g/mol. The van der Waals surface area contributed by atoms with Gasteiger partial charge >= 0.3 is 12.2 Å². The van der Waals surface area contributed by atoms with Gasteiger partial charge in [-0.3, -0.25) is 14.4 Å². The van der Waals surface area contributed by atoms with Gasteiger partial charge in [-0.2, -0.15) is 28.2 Å². The first kappa shape index (κ1) is 35.8. The van der Waals surface area contributed by atoms with E-state index in [1.54, 1.807) is 4.68 Å². The largest absolute Gasteiger partial charge is 0.467 e. The van der Waals surface area contributed by atoms with Crippen LogP contribution in [0.15, 0.2) is 12.1 Å². The number of aromatic nitrogens is 4. The van der Waals surface area contributed by atoms with E-state index in [9.17, 15) is 22.4 Å². The topological polar surface area (TPSA) is 114 Å². The number of methoxy groups -OCH3 is 1. The molecule has 2 fully saturated rings. The first-order valence-corrected chi connectivity index (χ1v) is 17.9. The summed E-state index contributed by atoms with van der Waals surface area (Å²) in [6.07, 6.45) is -1.06. The van der Waals surface area contributed by atoms with E-state index in [0.29, 0.717) is 55.6 Å². The number of hydrogen-bond donors (Lipinski definition) is 2. The minimum absolute atomic E-state index is 0.0227. The molecule has 2 saturated heterocycles. The molecule has 0 bridgehead atoms. The lowest BCUT2D eigenvalue weighted by atomic mass is 9.97. The van der Waals surface area contributed by atoms with Crippen LogP contribution in [0.5, 0.6) is 6.01 Å². The predicted molar refractivity (Wildman–Crippen MR) is 182 cm³/mol. The molecule has 49 heavy (non-hydrogen) atoms. The smallest absolute Gasteiger partial charge is 0.418 e. The number of nitrogen functional groups attached to an aromatic ring is 1. The number of rotatable bonds is 4. The molecule has 4 aliphatic heterocycles. The molecule has 0 saturated carbocycles. The van der Waals surface area contributed by atoms with Crippen molar-refractivity contribution in [2.75, 3.05) is 44.4 Å². The Morgan fingerprint density at radius 3 is 2.65 bits per heavy atom. The summed E-state index contributed by atoms with van der Waals surface area (Å²) in [5.74, 6) is 0.586. The zero-order valence-electron chi connectivity index (χ0n) is 27.3. The van der Waals surface area contributed by atoms with E-state index in [1.807, 2.05) is 4.90 Å². The van der Waals surface area contributed by atoms with E-state index in [0.717, 1.165) is 24.6 Å². The Morgan fingerprint density at radius 2 is 1.96 bits per heavy atom. The van der Waals surface area contributed by atoms with Crippen LogP contribution in [-0.4, -0.2) is 76.1 Å². The van der Waals surface area contributed by atoms with Crippen LogP contribution in [0, 0.1) is 0 Å². The third kappa shape index (κ3) is 7.13. The predicted octanol–water partition coefficient (Wildman–Crippen LogP) is 6.47. The van der Waals surface area contributed by atoms with Crippen LogP contribution in [0.2, 0.25) is 10.0 Å². The summed E-state index contributed by atoms with van der Waals surface area (Å²) in [5.41, 5.74) is 7.62. The maximum Gasteiger partial charge on any atom is 0.418 e.